The minimum atomic E-state index is -0.742. The summed E-state index contributed by atoms with van der Waals surface area (Å²) in [5.41, 5.74) is 2.22. The third-order valence-corrected chi connectivity index (χ3v) is 5.34. The maximum absolute atomic E-state index is 6.23. The summed E-state index contributed by atoms with van der Waals surface area (Å²) in [6.45, 7) is 4.35. The Bertz CT molecular complexity index is 803. The van der Waals surface area contributed by atoms with E-state index >= 15 is 0 Å². The van der Waals surface area contributed by atoms with Gasteiger partial charge in [-0.25, -0.2) is 0 Å². The van der Waals surface area contributed by atoms with Gasteiger partial charge in [-0.15, -0.1) is 0 Å². The van der Waals surface area contributed by atoms with E-state index in [9.17, 15) is 0 Å². The van der Waals surface area contributed by atoms with Crippen LogP contribution in [0.5, 0.6) is 23.0 Å². The maximum Gasteiger partial charge on any atom is 0.231 e. The fraction of sp³-hybridized carbons (Fsp3) is 0.400. The molecule has 132 valence electrons. The first-order valence-electron chi connectivity index (χ1n) is 8.37. The predicted octanol–water partition coefficient (Wildman–Crippen LogP) is 3.95. The Labute approximate surface area is 147 Å². The van der Waals surface area contributed by atoms with Crippen LogP contribution in [0.1, 0.15) is 30.9 Å². The van der Waals surface area contributed by atoms with E-state index in [-0.39, 0.29) is 18.6 Å². The van der Waals surface area contributed by atoms with Gasteiger partial charge in [-0.05, 0) is 23.8 Å². The van der Waals surface area contributed by atoms with Gasteiger partial charge in [0.1, 0.15) is 11.5 Å². The quantitative estimate of drug-likeness (QED) is 0.845. The van der Waals surface area contributed by atoms with E-state index in [1.165, 1.54) is 0 Å². The van der Waals surface area contributed by atoms with E-state index in [1.54, 1.807) is 14.2 Å². The fourth-order valence-electron chi connectivity index (χ4n) is 3.68. The first-order valence-corrected chi connectivity index (χ1v) is 8.37. The van der Waals surface area contributed by atoms with Crippen molar-refractivity contribution < 1.29 is 23.7 Å². The van der Waals surface area contributed by atoms with Gasteiger partial charge in [-0.1, -0.05) is 19.1 Å². The highest BCUT2D eigenvalue weighted by Gasteiger charge is 2.46. The van der Waals surface area contributed by atoms with Gasteiger partial charge in [-0.2, -0.15) is 0 Å². The van der Waals surface area contributed by atoms with Crippen molar-refractivity contribution in [1.82, 2.24) is 0 Å². The van der Waals surface area contributed by atoms with Crippen molar-refractivity contribution in [3.8, 4) is 23.0 Å². The molecule has 5 nitrogen and oxygen atoms in total. The molecule has 3 atom stereocenters. The summed E-state index contributed by atoms with van der Waals surface area (Å²) >= 11 is 0. The number of ether oxygens (including phenoxy) is 5. The minimum absolute atomic E-state index is 0.0810. The standard InChI is InChI=1S/C20H22O5/c1-12-19(13-6-5-7-14(8-13)21-3)15-9-17-18(24-11-23-17)10-16(15)25-20(12,2)22-4/h5-10,12,19H,11H2,1-4H3. The summed E-state index contributed by atoms with van der Waals surface area (Å²) in [7, 11) is 3.36. The lowest BCUT2D eigenvalue weighted by molar-refractivity contribution is -0.194. The average Bonchev–Trinajstić information content (AvgIpc) is 3.08. The van der Waals surface area contributed by atoms with E-state index in [4.69, 9.17) is 23.7 Å². The lowest BCUT2D eigenvalue weighted by atomic mass is 9.75. The van der Waals surface area contributed by atoms with Crippen LogP contribution in [-0.2, 0) is 4.74 Å². The number of hydrogen-bond donors (Lipinski definition) is 0. The topological polar surface area (TPSA) is 46.2 Å². The lowest BCUT2D eigenvalue weighted by Gasteiger charge is -2.44. The molecule has 2 aliphatic heterocycles. The molecule has 0 spiro atoms. The van der Waals surface area contributed by atoms with Crippen molar-refractivity contribution in [2.24, 2.45) is 5.92 Å². The van der Waals surface area contributed by atoms with E-state index in [2.05, 4.69) is 19.1 Å². The summed E-state index contributed by atoms with van der Waals surface area (Å²) in [6.07, 6.45) is 0. The molecule has 4 rings (SSSR count). The zero-order chi connectivity index (χ0) is 17.6. The van der Waals surface area contributed by atoms with Crippen molar-refractivity contribution in [3.05, 3.63) is 47.5 Å². The van der Waals surface area contributed by atoms with Crippen molar-refractivity contribution >= 4 is 0 Å². The molecular formula is C20H22O5. The Morgan fingerprint density at radius 3 is 2.52 bits per heavy atom. The monoisotopic (exact) mass is 342 g/mol. The van der Waals surface area contributed by atoms with Crippen molar-refractivity contribution in [2.45, 2.75) is 25.6 Å². The molecule has 2 aromatic carbocycles. The van der Waals surface area contributed by atoms with Crippen LogP contribution < -0.4 is 18.9 Å². The number of rotatable bonds is 3. The Morgan fingerprint density at radius 2 is 1.80 bits per heavy atom. The second kappa shape index (κ2) is 5.85. The summed E-state index contributed by atoms with van der Waals surface area (Å²) < 4.78 is 28.5. The van der Waals surface area contributed by atoms with Gasteiger partial charge in [0.25, 0.3) is 0 Å². The second-order valence-electron chi connectivity index (χ2n) is 6.61. The highest BCUT2D eigenvalue weighted by molar-refractivity contribution is 5.56. The molecule has 2 aliphatic rings. The normalized spacial score (nSPS) is 26.7. The molecule has 2 aromatic rings. The van der Waals surface area contributed by atoms with Crippen LogP contribution in [0.3, 0.4) is 0 Å². The van der Waals surface area contributed by atoms with Gasteiger partial charge in [0, 0.05) is 37.5 Å². The lowest BCUT2D eigenvalue weighted by Crippen LogP contribution is -2.47. The van der Waals surface area contributed by atoms with E-state index in [1.807, 2.05) is 31.2 Å². The first-order chi connectivity index (χ1) is 12.1. The third-order valence-electron chi connectivity index (χ3n) is 5.34. The van der Waals surface area contributed by atoms with Crippen LogP contribution in [0.25, 0.3) is 0 Å². The summed E-state index contributed by atoms with van der Waals surface area (Å²) in [5, 5.41) is 0. The number of hydrogen-bond acceptors (Lipinski definition) is 5. The molecule has 0 aliphatic carbocycles. The molecule has 0 saturated carbocycles. The summed E-state index contributed by atoms with van der Waals surface area (Å²) in [4.78, 5) is 0. The number of methoxy groups -OCH3 is 2. The third kappa shape index (κ3) is 2.50. The van der Waals surface area contributed by atoms with E-state index in [0.29, 0.717) is 5.75 Å². The van der Waals surface area contributed by atoms with Crippen LogP contribution >= 0.6 is 0 Å². The molecule has 0 fully saturated rings. The zero-order valence-electron chi connectivity index (χ0n) is 14.9. The van der Waals surface area contributed by atoms with Gasteiger partial charge >= 0.3 is 0 Å². The largest absolute Gasteiger partial charge is 0.497 e. The predicted molar refractivity (Wildman–Crippen MR) is 92.6 cm³/mol. The summed E-state index contributed by atoms with van der Waals surface area (Å²) in [6, 6.07) is 12.1. The van der Waals surface area contributed by atoms with Crippen LogP contribution in [0.2, 0.25) is 0 Å². The van der Waals surface area contributed by atoms with Crippen LogP contribution in [-0.4, -0.2) is 26.8 Å². The van der Waals surface area contributed by atoms with Gasteiger partial charge in [-0.3, -0.25) is 0 Å². The Kier molecular flexibility index (Phi) is 3.76. The highest BCUT2D eigenvalue weighted by atomic mass is 16.7. The minimum Gasteiger partial charge on any atom is -0.497 e. The Balaban J connectivity index is 1.89. The molecule has 0 radical (unpaired) electrons. The van der Waals surface area contributed by atoms with Crippen molar-refractivity contribution in [2.75, 3.05) is 21.0 Å². The number of fused-ring (bicyclic) bond motifs is 2. The molecule has 25 heavy (non-hydrogen) atoms. The summed E-state index contributed by atoms with van der Waals surface area (Å²) in [5.74, 6) is 2.47. The smallest absolute Gasteiger partial charge is 0.231 e. The first kappa shape index (κ1) is 16.1. The maximum atomic E-state index is 6.23. The Hall–Kier alpha value is -2.40. The van der Waals surface area contributed by atoms with E-state index < -0.39 is 5.79 Å². The van der Waals surface area contributed by atoms with Gasteiger partial charge in [0.05, 0.1) is 7.11 Å². The molecule has 5 heteroatoms. The highest BCUT2D eigenvalue weighted by Crippen LogP contribution is 2.52. The van der Waals surface area contributed by atoms with Crippen molar-refractivity contribution in [3.63, 3.8) is 0 Å². The molecular weight excluding hydrogens is 320 g/mol. The van der Waals surface area contributed by atoms with Gasteiger partial charge in [0.2, 0.25) is 12.6 Å². The SMILES string of the molecule is COc1cccc(C2c3cc4c(cc3OC(C)(OC)C2C)OCO4)c1. The molecule has 0 bridgehead atoms. The zero-order valence-corrected chi connectivity index (χ0v) is 14.9. The van der Waals surface area contributed by atoms with Crippen LogP contribution in [0, 0.1) is 5.92 Å². The van der Waals surface area contributed by atoms with Gasteiger partial charge < -0.3 is 23.7 Å². The van der Waals surface area contributed by atoms with Gasteiger partial charge in [0.15, 0.2) is 11.5 Å². The molecule has 0 N–H and O–H groups in total. The Morgan fingerprint density at radius 1 is 1.04 bits per heavy atom. The second-order valence-corrected chi connectivity index (χ2v) is 6.61. The molecule has 0 aromatic heterocycles. The van der Waals surface area contributed by atoms with Crippen LogP contribution in [0.4, 0.5) is 0 Å². The molecule has 0 amide bonds. The number of benzene rings is 2. The van der Waals surface area contributed by atoms with Crippen molar-refractivity contribution in [1.29, 1.82) is 0 Å². The molecule has 2 heterocycles. The van der Waals surface area contributed by atoms with E-state index in [0.717, 1.165) is 28.4 Å². The fourth-order valence-corrected chi connectivity index (χ4v) is 3.68. The average molecular weight is 342 g/mol. The van der Waals surface area contributed by atoms with Crippen LogP contribution in [0.15, 0.2) is 36.4 Å². The molecule has 0 saturated heterocycles. The molecule has 3 unspecified atom stereocenters.